The molecular weight excluding hydrogens is 262 g/mol. The molecule has 100 valence electrons. The van der Waals surface area contributed by atoms with Gasteiger partial charge in [-0.2, -0.15) is 0 Å². The lowest BCUT2D eigenvalue weighted by molar-refractivity contribution is 0.0697. The van der Waals surface area contributed by atoms with Crippen molar-refractivity contribution in [3.05, 3.63) is 40.4 Å². The topological polar surface area (TPSA) is 75.1 Å². The maximum atomic E-state index is 10.7. The molecule has 2 aromatic rings. The zero-order valence-corrected chi connectivity index (χ0v) is 11.6. The van der Waals surface area contributed by atoms with Gasteiger partial charge in [-0.15, -0.1) is 10.2 Å². The zero-order chi connectivity index (χ0) is 13.8. The third-order valence-electron chi connectivity index (χ3n) is 2.58. The Hall–Kier alpha value is -1.95. The van der Waals surface area contributed by atoms with Crippen molar-refractivity contribution in [3.8, 4) is 0 Å². The summed E-state index contributed by atoms with van der Waals surface area (Å²) in [6, 6.07) is 6.78. The van der Waals surface area contributed by atoms with Crippen LogP contribution in [0.15, 0.2) is 24.3 Å². The quantitative estimate of drug-likeness (QED) is 0.878. The number of rotatable bonds is 5. The van der Waals surface area contributed by atoms with E-state index >= 15 is 0 Å². The average molecular weight is 277 g/mol. The summed E-state index contributed by atoms with van der Waals surface area (Å²) in [6.07, 6.45) is 0. The zero-order valence-electron chi connectivity index (χ0n) is 10.8. The third-order valence-corrected chi connectivity index (χ3v) is 3.76. The van der Waals surface area contributed by atoms with Crippen molar-refractivity contribution in [2.45, 2.75) is 26.3 Å². The summed E-state index contributed by atoms with van der Waals surface area (Å²) >= 11 is 1.54. The van der Waals surface area contributed by atoms with E-state index in [2.05, 4.69) is 29.4 Å². The highest BCUT2D eigenvalue weighted by molar-refractivity contribution is 7.15. The molecule has 2 rings (SSSR count). The molecule has 5 nitrogen and oxygen atoms in total. The summed E-state index contributed by atoms with van der Waals surface area (Å²) < 4.78 is 0. The van der Waals surface area contributed by atoms with E-state index in [1.165, 1.54) is 0 Å². The monoisotopic (exact) mass is 277 g/mol. The lowest BCUT2D eigenvalue weighted by atomic mass is 10.1. The van der Waals surface area contributed by atoms with Gasteiger partial charge in [0.15, 0.2) is 0 Å². The second kappa shape index (κ2) is 5.79. The molecule has 0 atom stereocenters. The van der Waals surface area contributed by atoms with Crippen LogP contribution in [0.4, 0.5) is 5.13 Å². The number of hydrogen-bond donors (Lipinski definition) is 2. The molecule has 0 fully saturated rings. The smallest absolute Gasteiger partial charge is 0.335 e. The van der Waals surface area contributed by atoms with Crippen molar-refractivity contribution in [1.82, 2.24) is 10.2 Å². The number of aromatic nitrogens is 2. The maximum Gasteiger partial charge on any atom is 0.335 e. The van der Waals surface area contributed by atoms with Gasteiger partial charge >= 0.3 is 5.97 Å². The van der Waals surface area contributed by atoms with E-state index in [1.54, 1.807) is 35.6 Å². The normalized spacial score (nSPS) is 10.7. The van der Waals surface area contributed by atoms with Gasteiger partial charge in [0.2, 0.25) is 5.13 Å². The molecule has 0 radical (unpaired) electrons. The molecule has 0 saturated heterocycles. The molecule has 0 bridgehead atoms. The first-order valence-corrected chi connectivity index (χ1v) is 6.77. The molecule has 19 heavy (non-hydrogen) atoms. The maximum absolute atomic E-state index is 10.7. The van der Waals surface area contributed by atoms with Gasteiger partial charge in [0.25, 0.3) is 0 Å². The Kier molecular flexibility index (Phi) is 4.11. The standard InChI is InChI=1S/C13H15N3O2S/c1-8(2)11-15-16-13(19-11)14-7-9-3-5-10(6-4-9)12(17)18/h3-6,8H,7H2,1-2H3,(H,14,16)(H,17,18). The molecule has 6 heteroatoms. The largest absolute Gasteiger partial charge is 0.478 e. The van der Waals surface area contributed by atoms with E-state index in [0.29, 0.717) is 18.0 Å². The van der Waals surface area contributed by atoms with Crippen LogP contribution in [-0.2, 0) is 6.54 Å². The average Bonchev–Trinajstić information content (AvgIpc) is 2.86. The fourth-order valence-corrected chi connectivity index (χ4v) is 2.22. The first-order chi connectivity index (χ1) is 9.06. The minimum Gasteiger partial charge on any atom is -0.478 e. The van der Waals surface area contributed by atoms with E-state index in [1.807, 2.05) is 0 Å². The fourth-order valence-electron chi connectivity index (χ4n) is 1.48. The summed E-state index contributed by atoms with van der Waals surface area (Å²) in [5, 5.41) is 21.9. The second-order valence-electron chi connectivity index (χ2n) is 4.46. The highest BCUT2D eigenvalue weighted by Gasteiger charge is 2.07. The molecule has 0 saturated carbocycles. The molecule has 0 unspecified atom stereocenters. The Morgan fingerprint density at radius 3 is 2.53 bits per heavy atom. The van der Waals surface area contributed by atoms with Gasteiger partial charge in [0.1, 0.15) is 5.01 Å². The molecule has 0 spiro atoms. The van der Waals surface area contributed by atoms with Crippen molar-refractivity contribution >= 4 is 22.4 Å². The summed E-state index contributed by atoms with van der Waals surface area (Å²) in [7, 11) is 0. The molecule has 0 amide bonds. The minimum absolute atomic E-state index is 0.293. The first-order valence-electron chi connectivity index (χ1n) is 5.96. The van der Waals surface area contributed by atoms with Gasteiger partial charge in [-0.3, -0.25) is 0 Å². The van der Waals surface area contributed by atoms with Gasteiger partial charge < -0.3 is 10.4 Å². The highest BCUT2D eigenvalue weighted by Crippen LogP contribution is 2.22. The van der Waals surface area contributed by atoms with E-state index in [0.717, 1.165) is 15.7 Å². The van der Waals surface area contributed by atoms with E-state index in [4.69, 9.17) is 5.11 Å². The number of nitrogens with zero attached hydrogens (tertiary/aromatic N) is 2. The molecule has 0 aliphatic heterocycles. The van der Waals surface area contributed by atoms with Gasteiger partial charge in [-0.1, -0.05) is 37.3 Å². The minimum atomic E-state index is -0.912. The van der Waals surface area contributed by atoms with Gasteiger partial charge in [-0.25, -0.2) is 4.79 Å². The number of nitrogens with one attached hydrogen (secondary N) is 1. The van der Waals surface area contributed by atoms with Crippen molar-refractivity contribution < 1.29 is 9.90 Å². The Labute approximate surface area is 115 Å². The van der Waals surface area contributed by atoms with Gasteiger partial charge in [0, 0.05) is 12.5 Å². The van der Waals surface area contributed by atoms with E-state index < -0.39 is 5.97 Å². The summed E-state index contributed by atoms with van der Waals surface area (Å²) in [6.45, 7) is 4.76. The number of carbonyl (C=O) groups is 1. The highest BCUT2D eigenvalue weighted by atomic mass is 32.1. The molecule has 1 aromatic heterocycles. The lowest BCUT2D eigenvalue weighted by Gasteiger charge is -2.02. The fraction of sp³-hybridized carbons (Fsp3) is 0.308. The van der Waals surface area contributed by atoms with Crippen LogP contribution in [0.25, 0.3) is 0 Å². The first kappa shape index (κ1) is 13.5. The van der Waals surface area contributed by atoms with Gasteiger partial charge in [-0.05, 0) is 17.7 Å². The predicted octanol–water partition coefficient (Wildman–Crippen LogP) is 2.97. The number of hydrogen-bond acceptors (Lipinski definition) is 5. The van der Waals surface area contributed by atoms with Crippen LogP contribution in [0.2, 0.25) is 0 Å². The van der Waals surface area contributed by atoms with Crippen molar-refractivity contribution in [2.75, 3.05) is 5.32 Å². The van der Waals surface area contributed by atoms with Crippen LogP contribution in [0.5, 0.6) is 0 Å². The molecule has 2 N–H and O–H groups in total. The second-order valence-corrected chi connectivity index (χ2v) is 5.46. The molecular formula is C13H15N3O2S. The van der Waals surface area contributed by atoms with Crippen molar-refractivity contribution in [2.24, 2.45) is 0 Å². The van der Waals surface area contributed by atoms with Crippen molar-refractivity contribution in [1.29, 1.82) is 0 Å². The molecule has 0 aliphatic carbocycles. The molecule has 1 aromatic carbocycles. The SMILES string of the molecule is CC(C)c1nnc(NCc2ccc(C(=O)O)cc2)s1. The van der Waals surface area contributed by atoms with Crippen LogP contribution >= 0.6 is 11.3 Å². The van der Waals surface area contributed by atoms with Crippen LogP contribution in [0.3, 0.4) is 0 Å². The predicted molar refractivity (Wildman–Crippen MR) is 74.7 cm³/mol. The number of anilines is 1. The van der Waals surface area contributed by atoms with Gasteiger partial charge in [0.05, 0.1) is 5.56 Å². The van der Waals surface area contributed by atoms with Crippen molar-refractivity contribution in [3.63, 3.8) is 0 Å². The number of aromatic carboxylic acids is 1. The number of benzene rings is 1. The van der Waals surface area contributed by atoms with E-state index in [-0.39, 0.29) is 0 Å². The van der Waals surface area contributed by atoms with Crippen LogP contribution in [-0.4, -0.2) is 21.3 Å². The van der Waals surface area contributed by atoms with Crippen LogP contribution in [0.1, 0.15) is 40.7 Å². The molecule has 1 heterocycles. The Morgan fingerprint density at radius 1 is 1.32 bits per heavy atom. The summed E-state index contributed by atoms with van der Waals surface area (Å²) in [5.74, 6) is -0.534. The van der Waals surface area contributed by atoms with Crippen LogP contribution in [0, 0.1) is 0 Å². The Bertz CT molecular complexity index is 564. The van der Waals surface area contributed by atoms with E-state index in [9.17, 15) is 4.79 Å². The Morgan fingerprint density at radius 2 is 2.00 bits per heavy atom. The number of carboxylic acids is 1. The lowest BCUT2D eigenvalue weighted by Crippen LogP contribution is -2.00. The Balaban J connectivity index is 1.96. The summed E-state index contributed by atoms with van der Waals surface area (Å²) in [5.41, 5.74) is 1.30. The number of carboxylic acid groups (broad SMARTS) is 1. The van der Waals surface area contributed by atoms with Crippen LogP contribution < -0.4 is 5.32 Å². The molecule has 0 aliphatic rings. The summed E-state index contributed by atoms with van der Waals surface area (Å²) in [4.78, 5) is 10.7. The third kappa shape index (κ3) is 3.51.